The molecule has 1 atom stereocenters. The van der Waals surface area contributed by atoms with Crippen LogP contribution in [0.2, 0.25) is 0 Å². The summed E-state index contributed by atoms with van der Waals surface area (Å²) in [4.78, 5) is 20.3. The molecule has 0 N–H and O–H groups in total. The van der Waals surface area contributed by atoms with E-state index in [1.165, 1.54) is 0 Å². The molecule has 4 heterocycles. The summed E-state index contributed by atoms with van der Waals surface area (Å²) >= 11 is 0. The molecule has 0 amide bonds. The lowest BCUT2D eigenvalue weighted by atomic mass is 10.1. The maximum Gasteiger partial charge on any atom is 0.138 e. The summed E-state index contributed by atoms with van der Waals surface area (Å²) in [6, 6.07) is 8.43. The predicted molar refractivity (Wildman–Crippen MR) is 92.2 cm³/mol. The average Bonchev–Trinajstić information content (AvgIpc) is 3.24. The van der Waals surface area contributed by atoms with E-state index in [2.05, 4.69) is 32.0 Å². The van der Waals surface area contributed by atoms with Crippen LogP contribution in [0.1, 0.15) is 36.2 Å². The van der Waals surface area contributed by atoms with Crippen molar-refractivity contribution in [1.29, 1.82) is 0 Å². The zero-order chi connectivity index (χ0) is 16.5. The van der Waals surface area contributed by atoms with Gasteiger partial charge in [0.2, 0.25) is 0 Å². The second kappa shape index (κ2) is 6.03. The van der Waals surface area contributed by atoms with Crippen molar-refractivity contribution in [2.24, 2.45) is 0 Å². The molecule has 0 aromatic carbocycles. The molecule has 0 saturated carbocycles. The zero-order valence-electron chi connectivity index (χ0n) is 13.9. The monoisotopic (exact) mass is 320 g/mol. The van der Waals surface area contributed by atoms with Gasteiger partial charge in [-0.25, -0.2) is 19.9 Å². The Kier molecular flexibility index (Phi) is 3.72. The fourth-order valence-electron chi connectivity index (χ4n) is 3.33. The SMILES string of the molecule is Cc1nccc(N2CCC[C@H]2c2cccc(-n3ccnc3C)n2)n1. The van der Waals surface area contributed by atoms with Crippen LogP contribution in [0.25, 0.3) is 5.82 Å². The number of anilines is 1. The van der Waals surface area contributed by atoms with Gasteiger partial charge in [-0.2, -0.15) is 0 Å². The Morgan fingerprint density at radius 3 is 2.71 bits per heavy atom. The van der Waals surface area contributed by atoms with Gasteiger partial charge in [-0.15, -0.1) is 0 Å². The number of hydrogen-bond acceptors (Lipinski definition) is 5. The van der Waals surface area contributed by atoms with E-state index in [1.54, 1.807) is 6.20 Å². The quantitative estimate of drug-likeness (QED) is 0.742. The fraction of sp³-hybridized carbons (Fsp3) is 0.333. The van der Waals surface area contributed by atoms with Crippen LogP contribution in [0.5, 0.6) is 0 Å². The van der Waals surface area contributed by atoms with Crippen LogP contribution in [-0.2, 0) is 0 Å². The summed E-state index contributed by atoms with van der Waals surface area (Å²) in [5.41, 5.74) is 1.08. The average molecular weight is 320 g/mol. The lowest BCUT2D eigenvalue weighted by Crippen LogP contribution is -2.24. The summed E-state index contributed by atoms with van der Waals surface area (Å²) in [5, 5.41) is 0. The van der Waals surface area contributed by atoms with Crippen molar-refractivity contribution in [2.45, 2.75) is 32.7 Å². The van der Waals surface area contributed by atoms with Crippen molar-refractivity contribution < 1.29 is 0 Å². The van der Waals surface area contributed by atoms with Gasteiger partial charge < -0.3 is 4.90 Å². The van der Waals surface area contributed by atoms with E-state index in [1.807, 2.05) is 42.9 Å². The molecule has 1 aliphatic heterocycles. The van der Waals surface area contributed by atoms with E-state index in [0.29, 0.717) is 0 Å². The molecule has 0 spiro atoms. The highest BCUT2D eigenvalue weighted by Crippen LogP contribution is 2.34. The molecule has 0 aliphatic carbocycles. The van der Waals surface area contributed by atoms with Gasteiger partial charge in [0.1, 0.15) is 23.3 Å². The summed E-state index contributed by atoms with van der Waals surface area (Å²) < 4.78 is 2.01. The Labute approximate surface area is 141 Å². The van der Waals surface area contributed by atoms with Crippen molar-refractivity contribution in [3.63, 3.8) is 0 Å². The van der Waals surface area contributed by atoms with Crippen molar-refractivity contribution in [3.8, 4) is 5.82 Å². The van der Waals surface area contributed by atoms with Crippen molar-refractivity contribution in [2.75, 3.05) is 11.4 Å². The Bertz CT molecular complexity index is 856. The van der Waals surface area contributed by atoms with Gasteiger partial charge in [0.25, 0.3) is 0 Å². The number of rotatable bonds is 3. The minimum atomic E-state index is 0.253. The number of aromatic nitrogens is 5. The first-order valence-corrected chi connectivity index (χ1v) is 8.26. The lowest BCUT2D eigenvalue weighted by Gasteiger charge is -2.25. The molecular weight excluding hydrogens is 300 g/mol. The number of nitrogens with zero attached hydrogens (tertiary/aromatic N) is 6. The van der Waals surface area contributed by atoms with E-state index >= 15 is 0 Å². The first-order chi connectivity index (χ1) is 11.7. The maximum atomic E-state index is 4.89. The third-order valence-electron chi connectivity index (χ3n) is 4.48. The third-order valence-corrected chi connectivity index (χ3v) is 4.48. The number of aryl methyl sites for hydroxylation is 2. The molecule has 122 valence electrons. The second-order valence-corrected chi connectivity index (χ2v) is 6.08. The van der Waals surface area contributed by atoms with E-state index < -0.39 is 0 Å². The van der Waals surface area contributed by atoms with Gasteiger partial charge in [-0.05, 0) is 44.9 Å². The molecule has 0 bridgehead atoms. The number of imidazole rings is 1. The van der Waals surface area contributed by atoms with Crippen LogP contribution in [0.3, 0.4) is 0 Å². The highest BCUT2D eigenvalue weighted by molar-refractivity contribution is 5.43. The molecule has 24 heavy (non-hydrogen) atoms. The molecule has 0 unspecified atom stereocenters. The fourth-order valence-corrected chi connectivity index (χ4v) is 3.33. The third kappa shape index (κ3) is 2.64. The Morgan fingerprint density at radius 1 is 1.00 bits per heavy atom. The molecule has 1 fully saturated rings. The highest BCUT2D eigenvalue weighted by atomic mass is 15.2. The molecular formula is C18H20N6. The minimum absolute atomic E-state index is 0.253. The van der Waals surface area contributed by atoms with Gasteiger partial charge in [-0.3, -0.25) is 4.57 Å². The first-order valence-electron chi connectivity index (χ1n) is 8.26. The van der Waals surface area contributed by atoms with E-state index in [9.17, 15) is 0 Å². The van der Waals surface area contributed by atoms with Crippen molar-refractivity contribution >= 4 is 5.82 Å². The van der Waals surface area contributed by atoms with Gasteiger partial charge in [-0.1, -0.05) is 6.07 Å². The van der Waals surface area contributed by atoms with Crippen LogP contribution in [0, 0.1) is 13.8 Å². The molecule has 6 nitrogen and oxygen atoms in total. The predicted octanol–water partition coefficient (Wildman–Crippen LogP) is 3.02. The maximum absolute atomic E-state index is 4.89. The largest absolute Gasteiger partial charge is 0.348 e. The normalized spacial score (nSPS) is 17.4. The summed E-state index contributed by atoms with van der Waals surface area (Å²) in [5.74, 6) is 3.63. The topological polar surface area (TPSA) is 59.7 Å². The summed E-state index contributed by atoms with van der Waals surface area (Å²) in [6.07, 6.45) is 7.80. The molecule has 3 aromatic rings. The number of hydrogen-bond donors (Lipinski definition) is 0. The number of pyridine rings is 1. The van der Waals surface area contributed by atoms with Crippen molar-refractivity contribution in [1.82, 2.24) is 24.5 Å². The molecule has 6 heteroatoms. The summed E-state index contributed by atoms with van der Waals surface area (Å²) in [7, 11) is 0. The standard InChI is InChI=1S/C18H20N6/c1-13-19-9-8-18(21-13)24-11-4-6-16(24)15-5-3-7-17(22-15)23-12-10-20-14(23)2/h3,5,7-10,12,16H,4,6,11H2,1-2H3/t16-/m0/s1. The highest BCUT2D eigenvalue weighted by Gasteiger charge is 2.28. The van der Waals surface area contributed by atoms with Gasteiger partial charge in [0.05, 0.1) is 11.7 Å². The van der Waals surface area contributed by atoms with E-state index in [4.69, 9.17) is 4.98 Å². The summed E-state index contributed by atoms with van der Waals surface area (Å²) in [6.45, 7) is 4.91. The van der Waals surface area contributed by atoms with Crippen LogP contribution in [0.4, 0.5) is 5.82 Å². The van der Waals surface area contributed by atoms with E-state index in [-0.39, 0.29) is 6.04 Å². The van der Waals surface area contributed by atoms with Crippen LogP contribution in [0.15, 0.2) is 42.9 Å². The zero-order valence-corrected chi connectivity index (χ0v) is 13.9. The second-order valence-electron chi connectivity index (χ2n) is 6.08. The Morgan fingerprint density at radius 2 is 1.92 bits per heavy atom. The van der Waals surface area contributed by atoms with Gasteiger partial charge in [0, 0.05) is 25.1 Å². The molecule has 1 saturated heterocycles. The smallest absolute Gasteiger partial charge is 0.138 e. The molecule has 3 aromatic heterocycles. The van der Waals surface area contributed by atoms with Gasteiger partial charge >= 0.3 is 0 Å². The molecule has 4 rings (SSSR count). The van der Waals surface area contributed by atoms with Crippen molar-refractivity contribution in [3.05, 3.63) is 60.2 Å². The van der Waals surface area contributed by atoms with E-state index in [0.717, 1.165) is 48.4 Å². The lowest BCUT2D eigenvalue weighted by molar-refractivity contribution is 0.681. The van der Waals surface area contributed by atoms with Crippen LogP contribution in [-0.4, -0.2) is 31.0 Å². The first kappa shape index (κ1) is 14.8. The van der Waals surface area contributed by atoms with Crippen LogP contribution >= 0.6 is 0 Å². The Hall–Kier alpha value is -2.76. The minimum Gasteiger partial charge on any atom is -0.348 e. The molecule has 0 radical (unpaired) electrons. The molecule has 1 aliphatic rings. The van der Waals surface area contributed by atoms with Gasteiger partial charge in [0.15, 0.2) is 0 Å². The van der Waals surface area contributed by atoms with Crippen LogP contribution < -0.4 is 4.90 Å². The Balaban J connectivity index is 1.69.